The van der Waals surface area contributed by atoms with Crippen LogP contribution in [0.3, 0.4) is 0 Å². The zero-order valence-electron chi connectivity index (χ0n) is 13.3. The molecule has 0 aliphatic carbocycles. The summed E-state index contributed by atoms with van der Waals surface area (Å²) in [5.41, 5.74) is 1.72. The molecule has 1 unspecified atom stereocenters. The number of carbonyl (C=O) groups excluding carboxylic acids is 2. The SMILES string of the molecule is O=C1NCCCC1C(=O)N1CCc2oc(-c3ccccc3)nc2C1. The van der Waals surface area contributed by atoms with Crippen molar-refractivity contribution in [3.63, 3.8) is 0 Å². The Kier molecular flexibility index (Phi) is 3.80. The average molecular weight is 325 g/mol. The van der Waals surface area contributed by atoms with Gasteiger partial charge in [0.15, 0.2) is 0 Å². The van der Waals surface area contributed by atoms with Crippen LogP contribution in [0.15, 0.2) is 34.7 Å². The first-order chi connectivity index (χ1) is 11.7. The molecule has 1 aromatic heterocycles. The van der Waals surface area contributed by atoms with Gasteiger partial charge >= 0.3 is 0 Å². The van der Waals surface area contributed by atoms with Gasteiger partial charge in [0.1, 0.15) is 17.4 Å². The van der Waals surface area contributed by atoms with Crippen molar-refractivity contribution in [2.75, 3.05) is 13.1 Å². The van der Waals surface area contributed by atoms with Gasteiger partial charge in [-0.25, -0.2) is 4.98 Å². The number of carbonyl (C=O) groups is 2. The van der Waals surface area contributed by atoms with E-state index < -0.39 is 5.92 Å². The highest BCUT2D eigenvalue weighted by atomic mass is 16.4. The van der Waals surface area contributed by atoms with E-state index in [1.165, 1.54) is 0 Å². The highest BCUT2D eigenvalue weighted by Crippen LogP contribution is 2.27. The van der Waals surface area contributed by atoms with E-state index in [1.54, 1.807) is 4.90 Å². The molecule has 3 heterocycles. The van der Waals surface area contributed by atoms with Crippen LogP contribution >= 0.6 is 0 Å². The molecule has 2 aromatic rings. The van der Waals surface area contributed by atoms with Gasteiger partial charge in [-0.3, -0.25) is 9.59 Å². The van der Waals surface area contributed by atoms with E-state index in [0.717, 1.165) is 23.4 Å². The molecule has 0 radical (unpaired) electrons. The second-order valence-electron chi connectivity index (χ2n) is 6.25. The number of aromatic nitrogens is 1. The number of nitrogens with zero attached hydrogens (tertiary/aromatic N) is 2. The molecular weight excluding hydrogens is 306 g/mol. The van der Waals surface area contributed by atoms with E-state index in [2.05, 4.69) is 10.3 Å². The van der Waals surface area contributed by atoms with Crippen LogP contribution < -0.4 is 5.32 Å². The molecule has 24 heavy (non-hydrogen) atoms. The summed E-state index contributed by atoms with van der Waals surface area (Å²) < 4.78 is 5.86. The normalized spacial score (nSPS) is 20.4. The fourth-order valence-electron chi connectivity index (χ4n) is 3.32. The minimum absolute atomic E-state index is 0.0953. The minimum atomic E-state index is -0.555. The molecular formula is C18H19N3O3. The molecule has 1 fully saturated rings. The molecule has 1 aromatic carbocycles. The Morgan fingerprint density at radius 1 is 1.29 bits per heavy atom. The lowest BCUT2D eigenvalue weighted by Crippen LogP contribution is -2.47. The maximum absolute atomic E-state index is 12.7. The predicted octanol–water partition coefficient (Wildman–Crippen LogP) is 1.75. The van der Waals surface area contributed by atoms with Crippen molar-refractivity contribution >= 4 is 11.8 Å². The Morgan fingerprint density at radius 3 is 2.92 bits per heavy atom. The van der Waals surface area contributed by atoms with E-state index >= 15 is 0 Å². The van der Waals surface area contributed by atoms with Gasteiger partial charge in [0.05, 0.1) is 6.54 Å². The van der Waals surface area contributed by atoms with Crippen LogP contribution in [0.25, 0.3) is 11.5 Å². The van der Waals surface area contributed by atoms with Crippen LogP contribution in [0, 0.1) is 5.92 Å². The highest BCUT2D eigenvalue weighted by molar-refractivity contribution is 6.00. The topological polar surface area (TPSA) is 75.4 Å². The summed E-state index contributed by atoms with van der Waals surface area (Å²) >= 11 is 0. The number of amides is 2. The van der Waals surface area contributed by atoms with Crippen molar-refractivity contribution < 1.29 is 14.0 Å². The third-order valence-electron chi connectivity index (χ3n) is 4.64. The number of fused-ring (bicyclic) bond motifs is 1. The molecule has 2 aliphatic heterocycles. The number of piperidine rings is 1. The summed E-state index contributed by atoms with van der Waals surface area (Å²) in [5.74, 6) is 0.626. The summed E-state index contributed by atoms with van der Waals surface area (Å²) in [5, 5.41) is 2.78. The van der Waals surface area contributed by atoms with Crippen LogP contribution in [0.1, 0.15) is 24.3 Å². The molecule has 1 atom stereocenters. The molecule has 1 N–H and O–H groups in total. The first kappa shape index (κ1) is 14.9. The Hall–Kier alpha value is -2.63. The summed E-state index contributed by atoms with van der Waals surface area (Å²) in [4.78, 5) is 30.9. The highest BCUT2D eigenvalue weighted by Gasteiger charge is 2.35. The van der Waals surface area contributed by atoms with E-state index in [-0.39, 0.29) is 11.8 Å². The van der Waals surface area contributed by atoms with Crippen LogP contribution in [0.4, 0.5) is 0 Å². The number of benzene rings is 1. The second-order valence-corrected chi connectivity index (χ2v) is 6.25. The number of rotatable bonds is 2. The van der Waals surface area contributed by atoms with Crippen molar-refractivity contribution in [3.05, 3.63) is 41.8 Å². The first-order valence-electron chi connectivity index (χ1n) is 8.33. The van der Waals surface area contributed by atoms with Crippen molar-refractivity contribution in [1.29, 1.82) is 0 Å². The Morgan fingerprint density at radius 2 is 2.12 bits per heavy atom. The van der Waals surface area contributed by atoms with Crippen molar-refractivity contribution in [3.8, 4) is 11.5 Å². The number of nitrogens with one attached hydrogen (secondary N) is 1. The number of hydrogen-bond donors (Lipinski definition) is 1. The van der Waals surface area contributed by atoms with E-state index in [0.29, 0.717) is 38.4 Å². The molecule has 6 nitrogen and oxygen atoms in total. The monoisotopic (exact) mass is 325 g/mol. The maximum atomic E-state index is 12.7. The fourth-order valence-corrected chi connectivity index (χ4v) is 3.32. The van der Waals surface area contributed by atoms with Crippen LogP contribution in [0.5, 0.6) is 0 Å². The molecule has 0 saturated carbocycles. The summed E-state index contributed by atoms with van der Waals surface area (Å²) in [7, 11) is 0. The molecule has 4 rings (SSSR count). The summed E-state index contributed by atoms with van der Waals surface area (Å²) in [6, 6.07) is 9.73. The lowest BCUT2D eigenvalue weighted by molar-refractivity contribution is -0.144. The van der Waals surface area contributed by atoms with E-state index in [9.17, 15) is 9.59 Å². The quantitative estimate of drug-likeness (QED) is 0.854. The smallest absolute Gasteiger partial charge is 0.235 e. The third kappa shape index (κ3) is 2.68. The molecule has 0 spiro atoms. The summed E-state index contributed by atoms with van der Waals surface area (Å²) in [6.07, 6.45) is 2.11. The molecule has 2 aliphatic rings. The molecule has 6 heteroatoms. The maximum Gasteiger partial charge on any atom is 0.235 e. The van der Waals surface area contributed by atoms with Gasteiger partial charge in [-0.05, 0) is 25.0 Å². The Bertz CT molecular complexity index is 769. The molecule has 1 saturated heterocycles. The zero-order valence-corrected chi connectivity index (χ0v) is 13.3. The van der Waals surface area contributed by atoms with Crippen LogP contribution in [-0.2, 0) is 22.6 Å². The van der Waals surface area contributed by atoms with E-state index in [1.807, 2.05) is 30.3 Å². The van der Waals surface area contributed by atoms with Crippen molar-refractivity contribution in [2.45, 2.75) is 25.8 Å². The average Bonchev–Trinajstić information content (AvgIpc) is 3.05. The van der Waals surface area contributed by atoms with E-state index in [4.69, 9.17) is 4.42 Å². The lowest BCUT2D eigenvalue weighted by Gasteiger charge is -2.30. The first-order valence-corrected chi connectivity index (χ1v) is 8.33. The summed E-state index contributed by atoms with van der Waals surface area (Å²) in [6.45, 7) is 1.64. The van der Waals surface area contributed by atoms with Gasteiger partial charge < -0.3 is 14.6 Å². The number of hydrogen-bond acceptors (Lipinski definition) is 4. The third-order valence-corrected chi connectivity index (χ3v) is 4.64. The Balaban J connectivity index is 1.52. The van der Waals surface area contributed by atoms with Gasteiger partial charge in [-0.15, -0.1) is 0 Å². The largest absolute Gasteiger partial charge is 0.441 e. The van der Waals surface area contributed by atoms with Crippen LogP contribution in [0.2, 0.25) is 0 Å². The van der Waals surface area contributed by atoms with Gasteiger partial charge in [0.2, 0.25) is 17.7 Å². The zero-order chi connectivity index (χ0) is 16.5. The lowest BCUT2D eigenvalue weighted by atomic mass is 9.96. The fraction of sp³-hybridized carbons (Fsp3) is 0.389. The standard InChI is InChI=1S/C18H19N3O3/c22-16-13(7-4-9-19-16)18(23)21-10-8-15-14(11-21)20-17(24-15)12-5-2-1-3-6-12/h1-3,5-6,13H,4,7-11H2,(H,19,22). The van der Waals surface area contributed by atoms with Gasteiger partial charge in [0.25, 0.3) is 0 Å². The molecule has 0 bridgehead atoms. The number of oxazole rings is 1. The van der Waals surface area contributed by atoms with Crippen LogP contribution in [-0.4, -0.2) is 34.8 Å². The molecule has 124 valence electrons. The Labute approximate surface area is 139 Å². The van der Waals surface area contributed by atoms with Gasteiger partial charge in [-0.2, -0.15) is 0 Å². The van der Waals surface area contributed by atoms with Gasteiger partial charge in [-0.1, -0.05) is 18.2 Å². The second kappa shape index (κ2) is 6.11. The van der Waals surface area contributed by atoms with Gasteiger partial charge in [0, 0.05) is 25.1 Å². The minimum Gasteiger partial charge on any atom is -0.441 e. The molecule has 2 amide bonds. The van der Waals surface area contributed by atoms with Crippen molar-refractivity contribution in [1.82, 2.24) is 15.2 Å². The van der Waals surface area contributed by atoms with Crippen molar-refractivity contribution in [2.24, 2.45) is 5.92 Å². The predicted molar refractivity (Wildman–Crippen MR) is 86.8 cm³/mol.